The van der Waals surface area contributed by atoms with Crippen LogP contribution >= 0.6 is 0 Å². The monoisotopic (exact) mass is 490 g/mol. The number of H-pyrrole nitrogens is 1. The predicted molar refractivity (Wildman–Crippen MR) is 122 cm³/mol. The normalized spacial score (nSPS) is 15.4. The maximum Gasteiger partial charge on any atom is 0.419 e. The number of nitrogens with zero attached hydrogens (tertiary/aromatic N) is 5. The van der Waals surface area contributed by atoms with Crippen molar-refractivity contribution in [2.45, 2.75) is 25.4 Å². The zero-order chi connectivity index (χ0) is 25.0. The highest BCUT2D eigenvalue weighted by atomic mass is 19.4. The van der Waals surface area contributed by atoms with Crippen molar-refractivity contribution in [1.82, 2.24) is 25.1 Å². The Morgan fingerprint density at radius 2 is 1.86 bits per heavy atom. The predicted octanol–water partition coefficient (Wildman–Crippen LogP) is 2.59. The number of aromatic amines is 1. The zero-order valence-electron chi connectivity index (χ0n) is 19.1. The van der Waals surface area contributed by atoms with Crippen LogP contribution in [0.5, 0.6) is 0 Å². The highest BCUT2D eigenvalue weighted by Gasteiger charge is 2.32. The van der Waals surface area contributed by atoms with E-state index in [0.29, 0.717) is 38.2 Å². The molecule has 4 rings (SSSR count). The fraction of sp³-hybridized carbons (Fsp3) is 0.435. The van der Waals surface area contributed by atoms with Crippen LogP contribution in [-0.4, -0.2) is 70.4 Å². The number of benzene rings is 1. The SMILES string of the molecule is CC(COCCC(=O)N1CCN(c2ncc(C(F)(F)F)cn2)CC1)c1ccc2cn[nH]c(=O)c2c1. The van der Waals surface area contributed by atoms with Gasteiger partial charge in [0, 0.05) is 49.9 Å². The van der Waals surface area contributed by atoms with E-state index in [1.807, 2.05) is 25.1 Å². The van der Waals surface area contributed by atoms with Crippen molar-refractivity contribution in [3.8, 4) is 0 Å². The zero-order valence-corrected chi connectivity index (χ0v) is 19.1. The van der Waals surface area contributed by atoms with Gasteiger partial charge in [-0.15, -0.1) is 0 Å². The van der Waals surface area contributed by atoms with Crippen molar-refractivity contribution in [2.75, 3.05) is 44.3 Å². The van der Waals surface area contributed by atoms with Crippen molar-refractivity contribution in [2.24, 2.45) is 0 Å². The lowest BCUT2D eigenvalue weighted by molar-refractivity contribution is -0.138. The van der Waals surface area contributed by atoms with E-state index in [4.69, 9.17) is 4.74 Å². The Labute approximate surface area is 198 Å². The molecular weight excluding hydrogens is 465 g/mol. The van der Waals surface area contributed by atoms with Crippen LogP contribution in [0.3, 0.4) is 0 Å². The van der Waals surface area contributed by atoms with Gasteiger partial charge in [-0.25, -0.2) is 15.1 Å². The molecule has 0 radical (unpaired) electrons. The molecule has 1 aliphatic rings. The molecule has 1 aliphatic heterocycles. The topological polar surface area (TPSA) is 104 Å². The van der Waals surface area contributed by atoms with Crippen molar-refractivity contribution in [3.63, 3.8) is 0 Å². The van der Waals surface area contributed by atoms with E-state index >= 15 is 0 Å². The summed E-state index contributed by atoms with van der Waals surface area (Å²) in [5.41, 5.74) is -0.175. The quantitative estimate of drug-likeness (QED) is 0.508. The summed E-state index contributed by atoms with van der Waals surface area (Å²) in [5.74, 6) is 0.207. The lowest BCUT2D eigenvalue weighted by Gasteiger charge is -2.34. The van der Waals surface area contributed by atoms with E-state index in [2.05, 4.69) is 20.2 Å². The minimum absolute atomic E-state index is 0.0364. The summed E-state index contributed by atoms with van der Waals surface area (Å²) < 4.78 is 43.7. The fourth-order valence-corrected chi connectivity index (χ4v) is 3.87. The first-order chi connectivity index (χ1) is 16.7. The second-order valence-corrected chi connectivity index (χ2v) is 8.41. The second-order valence-electron chi connectivity index (χ2n) is 8.41. The molecule has 1 aromatic carbocycles. The molecule has 2 aromatic heterocycles. The molecule has 1 fully saturated rings. The molecule has 9 nitrogen and oxygen atoms in total. The van der Waals surface area contributed by atoms with Crippen molar-refractivity contribution < 1.29 is 22.7 Å². The number of nitrogens with one attached hydrogen (secondary N) is 1. The number of carbonyl (C=O) groups excluding carboxylic acids is 1. The molecule has 0 bridgehead atoms. The van der Waals surface area contributed by atoms with Gasteiger partial charge in [0.05, 0.1) is 36.8 Å². The number of anilines is 1. The average Bonchev–Trinajstić information content (AvgIpc) is 2.86. The Kier molecular flexibility index (Phi) is 7.29. The molecule has 0 aliphatic carbocycles. The Bertz CT molecular complexity index is 1220. The first-order valence-electron chi connectivity index (χ1n) is 11.2. The van der Waals surface area contributed by atoms with Gasteiger partial charge in [-0.2, -0.15) is 18.3 Å². The number of rotatable bonds is 7. The van der Waals surface area contributed by atoms with Gasteiger partial charge in [0.25, 0.3) is 5.56 Å². The third kappa shape index (κ3) is 5.94. The van der Waals surface area contributed by atoms with Crippen LogP contribution in [0, 0.1) is 0 Å². The van der Waals surface area contributed by atoms with Gasteiger partial charge >= 0.3 is 6.18 Å². The first kappa shape index (κ1) is 24.6. The van der Waals surface area contributed by atoms with Crippen LogP contribution in [0.4, 0.5) is 19.1 Å². The van der Waals surface area contributed by atoms with Crippen LogP contribution in [-0.2, 0) is 15.7 Å². The van der Waals surface area contributed by atoms with Gasteiger partial charge < -0.3 is 14.5 Å². The Morgan fingerprint density at radius 3 is 2.54 bits per heavy atom. The number of fused-ring (bicyclic) bond motifs is 1. The number of piperazine rings is 1. The largest absolute Gasteiger partial charge is 0.419 e. The number of carbonyl (C=O) groups is 1. The second kappa shape index (κ2) is 10.4. The minimum Gasteiger partial charge on any atom is -0.380 e. The number of halogens is 3. The standard InChI is InChI=1S/C23H25F3N6O3/c1-15(16-2-3-17-11-29-30-21(34)19(17)10-16)14-35-9-4-20(33)31-5-7-32(8-6-31)22-27-12-18(13-28-22)23(24,25)26/h2-3,10-13,15H,4-9,14H2,1H3,(H,30,34). The number of hydrogen-bond acceptors (Lipinski definition) is 7. The molecule has 186 valence electrons. The summed E-state index contributed by atoms with van der Waals surface area (Å²) in [7, 11) is 0. The van der Waals surface area contributed by atoms with E-state index in [9.17, 15) is 22.8 Å². The van der Waals surface area contributed by atoms with E-state index in [-0.39, 0.29) is 36.4 Å². The number of ether oxygens (including phenoxy) is 1. The van der Waals surface area contributed by atoms with Gasteiger partial charge in [0.2, 0.25) is 11.9 Å². The molecule has 0 saturated carbocycles. The van der Waals surface area contributed by atoms with E-state index in [1.165, 1.54) is 0 Å². The number of amides is 1. The van der Waals surface area contributed by atoms with Gasteiger partial charge in [-0.05, 0) is 11.6 Å². The van der Waals surface area contributed by atoms with Gasteiger partial charge in [-0.1, -0.05) is 19.1 Å². The molecule has 1 atom stereocenters. The molecule has 1 saturated heterocycles. The molecule has 0 spiro atoms. The Balaban J connectivity index is 1.20. The molecule has 12 heteroatoms. The highest BCUT2D eigenvalue weighted by molar-refractivity contribution is 5.81. The summed E-state index contributed by atoms with van der Waals surface area (Å²) in [5, 5.41) is 7.55. The minimum atomic E-state index is -4.48. The molecule has 1 N–H and O–H groups in total. The third-order valence-electron chi connectivity index (χ3n) is 5.97. The number of alkyl halides is 3. The molecular formula is C23H25F3N6O3. The van der Waals surface area contributed by atoms with Crippen LogP contribution in [0.15, 0.2) is 41.6 Å². The molecule has 1 unspecified atom stereocenters. The van der Waals surface area contributed by atoms with Crippen LogP contribution in [0.2, 0.25) is 0 Å². The van der Waals surface area contributed by atoms with Gasteiger partial charge in [0.15, 0.2) is 0 Å². The van der Waals surface area contributed by atoms with E-state index in [1.54, 1.807) is 16.0 Å². The smallest absolute Gasteiger partial charge is 0.380 e. The Morgan fingerprint density at radius 1 is 1.14 bits per heavy atom. The molecule has 35 heavy (non-hydrogen) atoms. The first-order valence-corrected chi connectivity index (χ1v) is 11.2. The number of hydrogen-bond donors (Lipinski definition) is 1. The maximum absolute atomic E-state index is 12.7. The van der Waals surface area contributed by atoms with Crippen molar-refractivity contribution in [3.05, 3.63) is 58.3 Å². The van der Waals surface area contributed by atoms with E-state index in [0.717, 1.165) is 23.3 Å². The summed E-state index contributed by atoms with van der Waals surface area (Å²) in [6.07, 6.45) is -1.11. The molecule has 3 aromatic rings. The highest BCUT2D eigenvalue weighted by Crippen LogP contribution is 2.28. The van der Waals surface area contributed by atoms with Crippen LogP contribution in [0.1, 0.15) is 30.4 Å². The average molecular weight is 490 g/mol. The van der Waals surface area contributed by atoms with Crippen molar-refractivity contribution >= 4 is 22.6 Å². The Hall–Kier alpha value is -3.54. The summed E-state index contributed by atoms with van der Waals surface area (Å²) in [6, 6.07) is 5.61. The van der Waals surface area contributed by atoms with Crippen LogP contribution < -0.4 is 10.5 Å². The summed E-state index contributed by atoms with van der Waals surface area (Å²) >= 11 is 0. The maximum atomic E-state index is 12.7. The summed E-state index contributed by atoms with van der Waals surface area (Å²) in [4.78, 5) is 35.6. The van der Waals surface area contributed by atoms with E-state index < -0.39 is 11.7 Å². The van der Waals surface area contributed by atoms with Crippen molar-refractivity contribution in [1.29, 1.82) is 0 Å². The van der Waals surface area contributed by atoms with Crippen LogP contribution in [0.25, 0.3) is 10.8 Å². The summed E-state index contributed by atoms with van der Waals surface area (Å²) in [6.45, 7) is 4.39. The lowest BCUT2D eigenvalue weighted by atomic mass is 9.99. The lowest BCUT2D eigenvalue weighted by Crippen LogP contribution is -2.49. The fourth-order valence-electron chi connectivity index (χ4n) is 3.87. The van der Waals surface area contributed by atoms with Gasteiger partial charge in [-0.3, -0.25) is 9.59 Å². The molecule has 1 amide bonds. The van der Waals surface area contributed by atoms with Gasteiger partial charge in [0.1, 0.15) is 0 Å². The number of aromatic nitrogens is 4. The molecule has 3 heterocycles. The third-order valence-corrected chi connectivity index (χ3v) is 5.97.